The van der Waals surface area contributed by atoms with Gasteiger partial charge in [-0.15, -0.1) is 0 Å². The summed E-state index contributed by atoms with van der Waals surface area (Å²) in [5.41, 5.74) is 4.08. The van der Waals surface area contributed by atoms with Gasteiger partial charge in [0.05, 0.1) is 7.11 Å². The molecule has 14 heavy (non-hydrogen) atoms. The molecule has 0 fully saturated rings. The van der Waals surface area contributed by atoms with Crippen molar-refractivity contribution in [1.29, 1.82) is 0 Å². The molecule has 0 aromatic heterocycles. The van der Waals surface area contributed by atoms with Gasteiger partial charge in [-0.25, -0.2) is 0 Å². The maximum Gasteiger partial charge on any atom is 0.122 e. The molecule has 2 rings (SSSR count). The zero-order valence-corrected chi connectivity index (χ0v) is 8.84. The fourth-order valence-corrected chi connectivity index (χ4v) is 1.79. The lowest BCUT2D eigenvalue weighted by Gasteiger charge is -2.16. The maximum absolute atomic E-state index is 5.37. The van der Waals surface area contributed by atoms with Crippen LogP contribution in [0.5, 0.6) is 5.75 Å². The molecule has 74 valence electrons. The van der Waals surface area contributed by atoms with E-state index in [-0.39, 0.29) is 0 Å². The first-order chi connectivity index (χ1) is 6.85. The van der Waals surface area contributed by atoms with E-state index in [0.29, 0.717) is 0 Å². The zero-order chi connectivity index (χ0) is 9.97. The van der Waals surface area contributed by atoms with E-state index in [1.807, 2.05) is 0 Å². The highest BCUT2D eigenvalue weighted by Crippen LogP contribution is 2.32. The third-order valence-corrected chi connectivity index (χ3v) is 2.84. The van der Waals surface area contributed by atoms with Gasteiger partial charge in [-0.3, -0.25) is 0 Å². The quantitative estimate of drug-likeness (QED) is 0.706. The summed E-state index contributed by atoms with van der Waals surface area (Å²) < 4.78 is 5.37. The topological polar surface area (TPSA) is 9.23 Å². The van der Waals surface area contributed by atoms with Crippen LogP contribution in [0.25, 0.3) is 5.57 Å². The third-order valence-electron chi connectivity index (χ3n) is 2.84. The molecule has 0 amide bonds. The molecule has 0 saturated heterocycles. The van der Waals surface area contributed by atoms with E-state index in [0.717, 1.165) is 12.2 Å². The largest absolute Gasteiger partial charge is 0.496 e. The molecule has 0 bridgehead atoms. The van der Waals surface area contributed by atoms with Gasteiger partial charge < -0.3 is 4.74 Å². The number of rotatable bonds is 3. The summed E-state index contributed by atoms with van der Waals surface area (Å²) >= 11 is 0. The molecule has 1 aromatic rings. The van der Waals surface area contributed by atoms with Crippen LogP contribution < -0.4 is 4.74 Å². The fraction of sp³-hybridized carbons (Fsp3) is 0.385. The first-order valence-corrected chi connectivity index (χ1v) is 5.21. The number of hydrogen-bond donors (Lipinski definition) is 0. The summed E-state index contributed by atoms with van der Waals surface area (Å²) in [6.45, 7) is 2.15. The van der Waals surface area contributed by atoms with Crippen LogP contribution in [0.15, 0.2) is 24.3 Å². The highest BCUT2D eigenvalue weighted by atomic mass is 16.5. The number of ether oxygens (including phenoxy) is 1. The number of benzene rings is 1. The summed E-state index contributed by atoms with van der Waals surface area (Å²) in [4.78, 5) is 0. The second kappa shape index (κ2) is 3.87. The third kappa shape index (κ3) is 1.54. The number of hydrogen-bond acceptors (Lipinski definition) is 1. The highest BCUT2D eigenvalue weighted by molar-refractivity contribution is 5.71. The Balaban J connectivity index is 2.36. The molecule has 0 atom stereocenters. The van der Waals surface area contributed by atoms with Crippen molar-refractivity contribution in [1.82, 2.24) is 0 Å². The minimum atomic E-state index is 1.03. The average Bonchev–Trinajstić information content (AvgIpc) is 2.15. The second-order valence-electron chi connectivity index (χ2n) is 3.65. The van der Waals surface area contributed by atoms with Crippen LogP contribution in [-0.4, -0.2) is 7.11 Å². The van der Waals surface area contributed by atoms with Crippen molar-refractivity contribution in [3.63, 3.8) is 0 Å². The SMILES string of the molecule is CCc1ccc(C2=CCC2)cc1OC. The molecule has 1 aliphatic carbocycles. The Morgan fingerprint density at radius 3 is 2.64 bits per heavy atom. The minimum absolute atomic E-state index is 1.03. The standard InChI is InChI=1S/C13H16O/c1-3-10-7-8-12(9-13(10)14-2)11-5-4-6-11/h5,7-9H,3-4,6H2,1-2H3. The fourth-order valence-electron chi connectivity index (χ4n) is 1.79. The number of allylic oxidation sites excluding steroid dienone is 2. The van der Waals surface area contributed by atoms with Crippen LogP contribution in [0.4, 0.5) is 0 Å². The van der Waals surface area contributed by atoms with Gasteiger partial charge in [-0.2, -0.15) is 0 Å². The van der Waals surface area contributed by atoms with Crippen LogP contribution in [-0.2, 0) is 6.42 Å². The van der Waals surface area contributed by atoms with Gasteiger partial charge in [0.15, 0.2) is 0 Å². The summed E-state index contributed by atoms with van der Waals surface area (Å²) in [5.74, 6) is 1.03. The van der Waals surface area contributed by atoms with Crippen LogP contribution >= 0.6 is 0 Å². The lowest BCUT2D eigenvalue weighted by atomic mass is 9.91. The lowest BCUT2D eigenvalue weighted by Crippen LogP contribution is -1.96. The van der Waals surface area contributed by atoms with Crippen molar-refractivity contribution >= 4 is 5.57 Å². The smallest absolute Gasteiger partial charge is 0.122 e. The van der Waals surface area contributed by atoms with Crippen molar-refractivity contribution in [3.8, 4) is 5.75 Å². The van der Waals surface area contributed by atoms with Crippen molar-refractivity contribution in [3.05, 3.63) is 35.4 Å². The summed E-state index contributed by atoms with van der Waals surface area (Å²) in [6.07, 6.45) is 5.77. The number of methoxy groups -OCH3 is 1. The molecular weight excluding hydrogens is 172 g/mol. The van der Waals surface area contributed by atoms with Crippen LogP contribution in [0.3, 0.4) is 0 Å². The Morgan fingerprint density at radius 2 is 2.14 bits per heavy atom. The Hall–Kier alpha value is -1.24. The first kappa shape index (κ1) is 9.32. The predicted octanol–water partition coefficient (Wildman–Crippen LogP) is 3.43. The molecule has 0 heterocycles. The molecule has 1 nitrogen and oxygen atoms in total. The van der Waals surface area contributed by atoms with E-state index in [4.69, 9.17) is 4.74 Å². The molecule has 1 aromatic carbocycles. The van der Waals surface area contributed by atoms with Crippen molar-refractivity contribution < 1.29 is 4.74 Å². The van der Waals surface area contributed by atoms with E-state index < -0.39 is 0 Å². The summed E-state index contributed by atoms with van der Waals surface area (Å²) in [7, 11) is 1.74. The van der Waals surface area contributed by atoms with Gasteiger partial charge in [0, 0.05) is 0 Å². The number of aryl methyl sites for hydroxylation is 1. The van der Waals surface area contributed by atoms with Gasteiger partial charge in [-0.1, -0.05) is 25.1 Å². The summed E-state index contributed by atoms with van der Waals surface area (Å²) in [5, 5.41) is 0. The molecule has 1 aliphatic rings. The first-order valence-electron chi connectivity index (χ1n) is 5.21. The van der Waals surface area contributed by atoms with Gasteiger partial charge in [-0.05, 0) is 42.0 Å². The highest BCUT2D eigenvalue weighted by Gasteiger charge is 2.10. The Bertz CT molecular complexity index is 363. The Morgan fingerprint density at radius 1 is 1.36 bits per heavy atom. The zero-order valence-electron chi connectivity index (χ0n) is 8.84. The van der Waals surface area contributed by atoms with E-state index in [9.17, 15) is 0 Å². The molecule has 0 radical (unpaired) electrons. The predicted molar refractivity (Wildman–Crippen MR) is 59.6 cm³/mol. The maximum atomic E-state index is 5.37. The molecule has 1 heteroatoms. The van der Waals surface area contributed by atoms with Crippen LogP contribution in [0.1, 0.15) is 30.9 Å². The Labute approximate surface area is 85.4 Å². The molecule has 0 aliphatic heterocycles. The van der Waals surface area contributed by atoms with Gasteiger partial charge in [0.25, 0.3) is 0 Å². The minimum Gasteiger partial charge on any atom is -0.496 e. The average molecular weight is 188 g/mol. The van der Waals surface area contributed by atoms with Crippen molar-refractivity contribution in [2.45, 2.75) is 26.2 Å². The monoisotopic (exact) mass is 188 g/mol. The van der Waals surface area contributed by atoms with E-state index in [1.54, 1.807) is 7.11 Å². The van der Waals surface area contributed by atoms with Gasteiger partial charge >= 0.3 is 0 Å². The van der Waals surface area contributed by atoms with E-state index >= 15 is 0 Å². The Kier molecular flexibility index (Phi) is 2.58. The van der Waals surface area contributed by atoms with Crippen molar-refractivity contribution in [2.75, 3.05) is 7.11 Å². The van der Waals surface area contributed by atoms with Gasteiger partial charge in [0.2, 0.25) is 0 Å². The van der Waals surface area contributed by atoms with Crippen LogP contribution in [0.2, 0.25) is 0 Å². The second-order valence-corrected chi connectivity index (χ2v) is 3.65. The van der Waals surface area contributed by atoms with Crippen molar-refractivity contribution in [2.24, 2.45) is 0 Å². The van der Waals surface area contributed by atoms with Crippen LogP contribution in [0, 0.1) is 0 Å². The molecule has 0 N–H and O–H groups in total. The van der Waals surface area contributed by atoms with Gasteiger partial charge in [0.1, 0.15) is 5.75 Å². The van der Waals surface area contributed by atoms with E-state index in [2.05, 4.69) is 31.2 Å². The molecule has 0 spiro atoms. The lowest BCUT2D eigenvalue weighted by molar-refractivity contribution is 0.410. The summed E-state index contributed by atoms with van der Waals surface area (Å²) in [6, 6.07) is 6.53. The molecule has 0 unspecified atom stereocenters. The van der Waals surface area contributed by atoms with E-state index in [1.165, 1.54) is 29.5 Å². The normalized spacial score (nSPS) is 14.6. The molecular formula is C13H16O. The molecule has 0 saturated carbocycles.